The van der Waals surface area contributed by atoms with E-state index in [4.69, 9.17) is 19.2 Å². The van der Waals surface area contributed by atoms with Gasteiger partial charge in [-0.05, 0) is 12.1 Å². The maximum Gasteiger partial charge on any atom is 0.309 e. The van der Waals surface area contributed by atoms with Crippen molar-refractivity contribution in [1.29, 1.82) is 0 Å². The molecule has 2 amide bonds. The molecule has 0 aliphatic rings. The second-order valence-corrected chi connectivity index (χ2v) is 3.74. The minimum absolute atomic E-state index is 0.449. The van der Waals surface area contributed by atoms with Crippen molar-refractivity contribution in [2.45, 2.75) is 4.90 Å². The number of para-hydroxylation sites is 1. The topological polar surface area (TPSA) is 161 Å². The zero-order chi connectivity index (χ0) is 14.1. The number of phenolic OH excluding ortho intramolecular Hbond substituents is 1. The van der Waals surface area contributed by atoms with Crippen LogP contribution in [0, 0.1) is 0 Å². The second kappa shape index (κ2) is 8.07. The first-order valence-electron chi connectivity index (χ1n) is 3.84. The van der Waals surface area contributed by atoms with Gasteiger partial charge in [0.05, 0.1) is 0 Å². The fourth-order valence-electron chi connectivity index (χ4n) is 0.675. The fourth-order valence-corrected chi connectivity index (χ4v) is 1.26. The lowest BCUT2D eigenvalue weighted by atomic mass is 10.3. The molecule has 8 nitrogen and oxygen atoms in total. The van der Waals surface area contributed by atoms with E-state index in [1.54, 1.807) is 0 Å². The third-order valence-corrected chi connectivity index (χ3v) is 2.04. The monoisotopic (exact) mass is 264 g/mol. The highest BCUT2D eigenvalue weighted by Crippen LogP contribution is 2.20. The molecule has 9 heteroatoms. The number of rotatable bonds is 1. The molecule has 0 atom stereocenters. The van der Waals surface area contributed by atoms with Crippen LogP contribution in [-0.2, 0) is 14.9 Å². The van der Waals surface area contributed by atoms with Crippen LogP contribution in [0.5, 0.6) is 5.75 Å². The van der Waals surface area contributed by atoms with Gasteiger partial charge in [-0.1, -0.05) is 12.1 Å². The number of hydrogen-bond acceptors (Lipinski definition) is 5. The Morgan fingerprint density at radius 3 is 1.76 bits per heavy atom. The number of amides is 2. The van der Waals surface area contributed by atoms with Crippen LogP contribution in [0.2, 0.25) is 0 Å². The number of hydrogen-bond donors (Lipinski definition) is 4. The molecule has 0 aromatic heterocycles. The Labute approximate surface area is 97.6 Å². The van der Waals surface area contributed by atoms with Gasteiger partial charge in [0.15, 0.2) is 0 Å². The number of urea groups is 1. The maximum absolute atomic E-state index is 10.4. The van der Waals surface area contributed by atoms with Gasteiger partial charge in [-0.2, -0.15) is 8.42 Å². The molecule has 0 unspecified atom stereocenters. The lowest BCUT2D eigenvalue weighted by molar-refractivity contribution is -0.0980. The molecular weight excluding hydrogens is 252 g/mol. The number of carbonyl (C=O) groups excluding carboxylic acids is 2. The van der Waals surface area contributed by atoms with Crippen molar-refractivity contribution in [3.63, 3.8) is 0 Å². The summed E-state index contributed by atoms with van der Waals surface area (Å²) in [5.41, 5.74) is 8.50. The molecule has 0 saturated carbocycles. The molecule has 1 aromatic carbocycles. The number of primary amides is 2. The van der Waals surface area contributed by atoms with Crippen molar-refractivity contribution in [2.24, 2.45) is 11.5 Å². The van der Waals surface area contributed by atoms with E-state index in [9.17, 15) is 8.42 Å². The highest BCUT2D eigenvalue weighted by molar-refractivity contribution is 7.86. The SMILES string of the molecule is C=O.NC(N)=O.O=S(=O)(O)c1ccccc1O. The molecule has 0 fully saturated rings. The highest BCUT2D eigenvalue weighted by atomic mass is 32.2. The van der Waals surface area contributed by atoms with E-state index in [0.29, 0.717) is 0 Å². The summed E-state index contributed by atoms with van der Waals surface area (Å²) in [5.74, 6) is -0.449. The molecular formula is C8H12N2O6S. The van der Waals surface area contributed by atoms with E-state index in [0.717, 1.165) is 6.07 Å². The van der Waals surface area contributed by atoms with Crippen molar-refractivity contribution in [2.75, 3.05) is 0 Å². The van der Waals surface area contributed by atoms with Crippen LogP contribution in [0.4, 0.5) is 4.79 Å². The third-order valence-electron chi connectivity index (χ3n) is 1.14. The second-order valence-electron chi connectivity index (χ2n) is 2.35. The average Bonchev–Trinajstić information content (AvgIpc) is 2.19. The van der Waals surface area contributed by atoms with E-state index in [1.807, 2.05) is 6.79 Å². The van der Waals surface area contributed by atoms with Gasteiger partial charge in [0, 0.05) is 0 Å². The van der Waals surface area contributed by atoms with Gasteiger partial charge in [0.2, 0.25) is 0 Å². The van der Waals surface area contributed by atoms with E-state index in [2.05, 4.69) is 11.5 Å². The van der Waals surface area contributed by atoms with Crippen LogP contribution < -0.4 is 11.5 Å². The predicted octanol–water partition coefficient (Wildman–Crippen LogP) is -0.522. The van der Waals surface area contributed by atoms with E-state index < -0.39 is 26.8 Å². The van der Waals surface area contributed by atoms with Crippen molar-refractivity contribution in [3.05, 3.63) is 24.3 Å². The molecule has 17 heavy (non-hydrogen) atoms. The molecule has 1 aromatic rings. The number of phenols is 1. The number of carbonyl (C=O) groups is 2. The van der Waals surface area contributed by atoms with Crippen molar-refractivity contribution < 1.29 is 27.7 Å². The molecule has 0 radical (unpaired) electrons. The van der Waals surface area contributed by atoms with Crippen LogP contribution in [0.1, 0.15) is 0 Å². The molecule has 96 valence electrons. The van der Waals surface area contributed by atoms with Crippen LogP contribution in [0.3, 0.4) is 0 Å². The predicted molar refractivity (Wildman–Crippen MR) is 58.8 cm³/mol. The van der Waals surface area contributed by atoms with E-state index in [1.165, 1.54) is 18.2 Å². The zero-order valence-corrected chi connectivity index (χ0v) is 9.42. The zero-order valence-electron chi connectivity index (χ0n) is 8.61. The number of nitrogens with two attached hydrogens (primary N) is 2. The molecule has 0 heterocycles. The van der Waals surface area contributed by atoms with Crippen LogP contribution >= 0.6 is 0 Å². The van der Waals surface area contributed by atoms with Gasteiger partial charge in [0.25, 0.3) is 10.1 Å². The summed E-state index contributed by atoms with van der Waals surface area (Å²) in [6.45, 7) is 2.00. The summed E-state index contributed by atoms with van der Waals surface area (Å²) >= 11 is 0. The Morgan fingerprint density at radius 1 is 1.18 bits per heavy atom. The average molecular weight is 264 g/mol. The minimum atomic E-state index is -4.28. The van der Waals surface area contributed by atoms with Crippen LogP contribution in [0.15, 0.2) is 29.2 Å². The summed E-state index contributed by atoms with van der Waals surface area (Å²) in [6, 6.07) is 4.33. The normalized spacial score (nSPS) is 9.00. The Hall–Kier alpha value is -2.13. The maximum atomic E-state index is 10.4. The third kappa shape index (κ3) is 8.84. The van der Waals surface area contributed by atoms with Crippen LogP contribution in [0.25, 0.3) is 0 Å². The molecule has 0 saturated heterocycles. The quantitative estimate of drug-likeness (QED) is 0.499. The molecule has 0 aliphatic carbocycles. The highest BCUT2D eigenvalue weighted by Gasteiger charge is 2.12. The van der Waals surface area contributed by atoms with Gasteiger partial charge in [0.1, 0.15) is 17.4 Å². The molecule has 0 spiro atoms. The largest absolute Gasteiger partial charge is 0.506 e. The molecule has 0 bridgehead atoms. The molecule has 6 N–H and O–H groups in total. The summed E-state index contributed by atoms with van der Waals surface area (Å²) in [5, 5.41) is 8.91. The van der Waals surface area contributed by atoms with Gasteiger partial charge < -0.3 is 21.4 Å². The Kier molecular flexibility index (Phi) is 8.20. The van der Waals surface area contributed by atoms with Crippen molar-refractivity contribution >= 4 is 22.9 Å². The van der Waals surface area contributed by atoms with Crippen molar-refractivity contribution in [3.8, 4) is 5.75 Å². The van der Waals surface area contributed by atoms with Crippen LogP contribution in [-0.4, -0.2) is 30.9 Å². The Morgan fingerprint density at radius 2 is 1.53 bits per heavy atom. The summed E-state index contributed by atoms with van der Waals surface area (Å²) in [7, 11) is -4.28. The summed E-state index contributed by atoms with van der Waals surface area (Å²) in [4.78, 5) is 16.5. The lowest BCUT2D eigenvalue weighted by Gasteiger charge is -1.97. The summed E-state index contributed by atoms with van der Waals surface area (Å²) < 4.78 is 29.4. The van der Waals surface area contributed by atoms with Gasteiger partial charge >= 0.3 is 6.03 Å². The van der Waals surface area contributed by atoms with E-state index in [-0.39, 0.29) is 0 Å². The lowest BCUT2D eigenvalue weighted by Crippen LogP contribution is -2.18. The number of aromatic hydroxyl groups is 1. The first-order chi connectivity index (χ1) is 7.75. The minimum Gasteiger partial charge on any atom is -0.506 e. The van der Waals surface area contributed by atoms with E-state index >= 15 is 0 Å². The summed E-state index contributed by atoms with van der Waals surface area (Å²) in [6.07, 6.45) is 0. The fraction of sp³-hybridized carbons (Fsp3) is 0. The Balaban J connectivity index is 0. The standard InChI is InChI=1S/C6H6O4S.CH4N2O.CH2O/c7-5-3-1-2-4-6(5)11(8,9)10;2-1(3)4;1-2/h1-4,7H,(H,8,9,10);(H4,2,3,4);1H2. The molecule has 1 rings (SSSR count). The first-order valence-corrected chi connectivity index (χ1v) is 5.28. The first kappa shape index (κ1) is 17.3. The smallest absolute Gasteiger partial charge is 0.309 e. The van der Waals surface area contributed by atoms with Gasteiger partial charge in [-0.15, -0.1) is 0 Å². The van der Waals surface area contributed by atoms with Crippen molar-refractivity contribution in [1.82, 2.24) is 0 Å². The number of benzene rings is 1. The Bertz CT molecular complexity index is 455. The van der Waals surface area contributed by atoms with Gasteiger partial charge in [-0.25, -0.2) is 4.79 Å². The van der Waals surface area contributed by atoms with Gasteiger partial charge in [-0.3, -0.25) is 4.55 Å². The molecule has 0 aliphatic heterocycles.